The molecule has 0 aliphatic heterocycles. The molecule has 0 saturated carbocycles. The average Bonchev–Trinajstić information content (AvgIpc) is 2.08. The van der Waals surface area contributed by atoms with Gasteiger partial charge in [0.05, 0.1) is 10.6 Å². The van der Waals surface area contributed by atoms with Crippen molar-refractivity contribution < 1.29 is 24.3 Å². The number of benzene rings is 1. The van der Waals surface area contributed by atoms with Crippen LogP contribution in [-0.2, 0) is 0 Å². The third-order valence-electron chi connectivity index (χ3n) is 1.58. The van der Waals surface area contributed by atoms with Crippen molar-refractivity contribution in [2.45, 2.75) is 0 Å². The molecule has 14 heavy (non-hydrogen) atoms. The van der Waals surface area contributed by atoms with Gasteiger partial charge in [-0.25, -0.2) is 9.18 Å². The van der Waals surface area contributed by atoms with Gasteiger partial charge in [-0.2, -0.15) is 0 Å². The summed E-state index contributed by atoms with van der Waals surface area (Å²) in [5, 5.41) is 25.4. The summed E-state index contributed by atoms with van der Waals surface area (Å²) in [6, 6.07) is 1.66. The van der Waals surface area contributed by atoms with Gasteiger partial charge >= 0.3 is 13.1 Å². The maximum Gasteiger partial charge on any atom is 0.488 e. The topological polar surface area (TPSA) is 77.8 Å². The molecule has 0 saturated heterocycles. The van der Waals surface area contributed by atoms with Crippen LogP contribution in [0, 0.1) is 5.82 Å². The minimum Gasteiger partial charge on any atom is -0.478 e. The van der Waals surface area contributed by atoms with Gasteiger partial charge in [-0.05, 0) is 17.6 Å². The Morgan fingerprint density at radius 3 is 2.43 bits per heavy atom. The van der Waals surface area contributed by atoms with E-state index in [1.807, 2.05) is 0 Å². The SMILES string of the molecule is O=C(O)c1cc(B(O)O)cc(F)c1Cl. The van der Waals surface area contributed by atoms with Crippen molar-refractivity contribution >= 4 is 30.2 Å². The van der Waals surface area contributed by atoms with Crippen molar-refractivity contribution in [3.63, 3.8) is 0 Å². The highest BCUT2D eigenvalue weighted by molar-refractivity contribution is 6.58. The van der Waals surface area contributed by atoms with Gasteiger partial charge in [0.1, 0.15) is 5.82 Å². The number of carbonyl (C=O) groups is 1. The van der Waals surface area contributed by atoms with Crippen LogP contribution in [-0.4, -0.2) is 28.2 Å². The van der Waals surface area contributed by atoms with Gasteiger partial charge in [0.25, 0.3) is 0 Å². The second-order valence-corrected chi connectivity index (χ2v) is 2.92. The van der Waals surface area contributed by atoms with Crippen LogP contribution in [0.3, 0.4) is 0 Å². The van der Waals surface area contributed by atoms with E-state index in [1.54, 1.807) is 0 Å². The van der Waals surface area contributed by atoms with Crippen LogP contribution in [0.5, 0.6) is 0 Å². The number of halogens is 2. The van der Waals surface area contributed by atoms with E-state index in [0.29, 0.717) is 0 Å². The lowest BCUT2D eigenvalue weighted by Crippen LogP contribution is -2.31. The van der Waals surface area contributed by atoms with E-state index in [1.165, 1.54) is 0 Å². The predicted molar refractivity (Wildman–Crippen MR) is 48.2 cm³/mol. The molecule has 1 aromatic carbocycles. The summed E-state index contributed by atoms with van der Waals surface area (Å²) in [5.74, 6) is -2.44. The first-order valence-electron chi connectivity index (χ1n) is 3.52. The second kappa shape index (κ2) is 3.95. The third kappa shape index (κ3) is 2.04. The first-order valence-corrected chi connectivity index (χ1v) is 3.89. The Balaban J connectivity index is 3.35. The number of aromatic carboxylic acids is 1. The fourth-order valence-electron chi connectivity index (χ4n) is 0.915. The Kier molecular flexibility index (Phi) is 3.10. The fraction of sp³-hybridized carbons (Fsp3) is 0. The molecule has 0 amide bonds. The molecular formula is C7H5BClFO4. The van der Waals surface area contributed by atoms with Crippen LogP contribution in [0.15, 0.2) is 12.1 Å². The second-order valence-electron chi connectivity index (χ2n) is 2.54. The quantitative estimate of drug-likeness (QED) is 0.604. The zero-order valence-corrected chi connectivity index (χ0v) is 7.49. The number of rotatable bonds is 2. The summed E-state index contributed by atoms with van der Waals surface area (Å²) in [5.41, 5.74) is -0.765. The maximum absolute atomic E-state index is 12.9. The lowest BCUT2D eigenvalue weighted by atomic mass is 9.79. The van der Waals surface area contributed by atoms with E-state index in [9.17, 15) is 9.18 Å². The molecule has 0 unspecified atom stereocenters. The molecule has 7 heteroatoms. The van der Waals surface area contributed by atoms with Crippen molar-refractivity contribution in [1.82, 2.24) is 0 Å². The van der Waals surface area contributed by atoms with Gasteiger partial charge in [0, 0.05) is 0 Å². The summed E-state index contributed by atoms with van der Waals surface area (Å²) in [6.07, 6.45) is 0. The van der Waals surface area contributed by atoms with Gasteiger partial charge in [0.15, 0.2) is 0 Å². The fourth-order valence-corrected chi connectivity index (χ4v) is 1.10. The molecule has 1 rings (SSSR count). The molecule has 0 aromatic heterocycles. The summed E-state index contributed by atoms with van der Waals surface area (Å²) in [7, 11) is -1.93. The van der Waals surface area contributed by atoms with E-state index < -0.39 is 29.5 Å². The highest BCUT2D eigenvalue weighted by atomic mass is 35.5. The third-order valence-corrected chi connectivity index (χ3v) is 1.96. The number of carboxylic acid groups (broad SMARTS) is 1. The molecule has 0 atom stereocenters. The van der Waals surface area contributed by atoms with Crippen LogP contribution in [0.2, 0.25) is 5.02 Å². The monoisotopic (exact) mass is 218 g/mol. The van der Waals surface area contributed by atoms with Gasteiger partial charge in [-0.15, -0.1) is 0 Å². The van der Waals surface area contributed by atoms with Crippen LogP contribution in [0.4, 0.5) is 4.39 Å². The molecule has 0 bridgehead atoms. The van der Waals surface area contributed by atoms with Crippen LogP contribution in [0.1, 0.15) is 10.4 Å². The predicted octanol–water partition coefficient (Wildman–Crippen LogP) is -0.143. The smallest absolute Gasteiger partial charge is 0.478 e. The molecule has 0 spiro atoms. The number of carboxylic acids is 1. The first kappa shape index (κ1) is 11.0. The Bertz CT molecular complexity index is 382. The van der Waals surface area contributed by atoms with Crippen molar-refractivity contribution in [3.8, 4) is 0 Å². The van der Waals surface area contributed by atoms with Crippen LogP contribution in [0.25, 0.3) is 0 Å². The van der Waals surface area contributed by atoms with Crippen molar-refractivity contribution in [2.75, 3.05) is 0 Å². The van der Waals surface area contributed by atoms with Crippen LogP contribution < -0.4 is 5.46 Å². The van der Waals surface area contributed by atoms with Gasteiger partial charge in [0.2, 0.25) is 0 Å². The van der Waals surface area contributed by atoms with Crippen LogP contribution >= 0.6 is 11.6 Å². The van der Waals surface area contributed by atoms with Crippen molar-refractivity contribution in [3.05, 3.63) is 28.5 Å². The Morgan fingerprint density at radius 1 is 1.43 bits per heavy atom. The Morgan fingerprint density at radius 2 is 2.00 bits per heavy atom. The molecule has 3 N–H and O–H groups in total. The number of hydrogen-bond donors (Lipinski definition) is 3. The lowest BCUT2D eigenvalue weighted by Gasteiger charge is -2.04. The average molecular weight is 218 g/mol. The Hall–Kier alpha value is -1.11. The molecule has 0 radical (unpaired) electrons. The molecule has 4 nitrogen and oxygen atoms in total. The molecule has 1 aromatic rings. The molecule has 0 fully saturated rings. The zero-order valence-electron chi connectivity index (χ0n) is 6.74. The highest BCUT2D eigenvalue weighted by Crippen LogP contribution is 2.18. The molecular weight excluding hydrogens is 213 g/mol. The van der Waals surface area contributed by atoms with Gasteiger partial charge in [-0.3, -0.25) is 0 Å². The van der Waals surface area contributed by atoms with Gasteiger partial charge in [-0.1, -0.05) is 11.6 Å². The number of hydrogen-bond acceptors (Lipinski definition) is 3. The standard InChI is InChI=1S/C7H5BClFO4/c9-6-4(7(11)12)1-3(8(13)14)2-5(6)10/h1-2,13-14H,(H,11,12). The molecule has 0 heterocycles. The minimum atomic E-state index is -1.93. The summed E-state index contributed by atoms with van der Waals surface area (Å²) in [6.45, 7) is 0. The van der Waals surface area contributed by atoms with E-state index >= 15 is 0 Å². The van der Waals surface area contributed by atoms with Crippen molar-refractivity contribution in [2.24, 2.45) is 0 Å². The van der Waals surface area contributed by atoms with E-state index in [0.717, 1.165) is 12.1 Å². The normalized spacial score (nSPS) is 10.0. The lowest BCUT2D eigenvalue weighted by molar-refractivity contribution is 0.0696. The molecule has 0 aliphatic rings. The largest absolute Gasteiger partial charge is 0.488 e. The first-order chi connectivity index (χ1) is 6.43. The van der Waals surface area contributed by atoms with E-state index in [-0.39, 0.29) is 5.46 Å². The molecule has 0 aliphatic carbocycles. The summed E-state index contributed by atoms with van der Waals surface area (Å²) < 4.78 is 12.9. The maximum atomic E-state index is 12.9. The highest BCUT2D eigenvalue weighted by Gasteiger charge is 2.19. The minimum absolute atomic E-state index is 0.260. The Labute approximate surface area is 83.7 Å². The summed E-state index contributed by atoms with van der Waals surface area (Å²) in [4.78, 5) is 10.5. The van der Waals surface area contributed by atoms with Crippen molar-refractivity contribution in [1.29, 1.82) is 0 Å². The van der Waals surface area contributed by atoms with E-state index in [4.69, 9.17) is 26.8 Å². The summed E-state index contributed by atoms with van der Waals surface area (Å²) >= 11 is 5.35. The molecule has 74 valence electrons. The zero-order chi connectivity index (χ0) is 10.9. The van der Waals surface area contributed by atoms with Gasteiger partial charge < -0.3 is 15.2 Å². The van der Waals surface area contributed by atoms with E-state index in [2.05, 4.69) is 0 Å².